The molecule has 0 aliphatic heterocycles. The molecule has 0 aliphatic rings. The fourth-order valence-electron chi connectivity index (χ4n) is 0.256. The molecule has 0 aromatic heterocycles. The zero-order valence-electron chi connectivity index (χ0n) is 7.45. The van der Waals surface area contributed by atoms with E-state index in [4.69, 9.17) is 5.11 Å². The van der Waals surface area contributed by atoms with Crippen LogP contribution in [0.1, 0.15) is 6.92 Å². The van der Waals surface area contributed by atoms with Crippen molar-refractivity contribution >= 4 is 12.1 Å². The van der Waals surface area contributed by atoms with Crippen molar-refractivity contribution in [3.63, 3.8) is 0 Å². The maximum absolute atomic E-state index is 10.2. The topological polar surface area (TPSA) is 75.6 Å². The molecule has 0 radical (unpaired) electrons. The van der Waals surface area contributed by atoms with E-state index in [1.807, 2.05) is 0 Å². The Balaban J connectivity index is 0. The Morgan fingerprint density at radius 1 is 1.54 bits per heavy atom. The Morgan fingerprint density at radius 2 is 2.00 bits per heavy atom. The summed E-state index contributed by atoms with van der Waals surface area (Å²) < 4.78 is 4.46. The van der Waals surface area contributed by atoms with Crippen molar-refractivity contribution in [2.75, 3.05) is 6.61 Å². The average Bonchev–Trinajstić information content (AvgIpc) is 2.06. The molecular weight excluding hydrogens is 174 g/mol. The van der Waals surface area contributed by atoms with Gasteiger partial charge < -0.3 is 9.84 Å². The molecule has 0 fully saturated rings. The number of carbonyl (C=O) groups is 2. The summed E-state index contributed by atoms with van der Waals surface area (Å²) in [6.45, 7) is 8.36. The number of carboxylic acids is 1. The van der Waals surface area contributed by atoms with Gasteiger partial charge in [-0.05, 0) is 13.1 Å². The second kappa shape index (κ2) is 10.2. The average molecular weight is 187 g/mol. The Kier molecular flexibility index (Phi) is 10.8. The van der Waals surface area contributed by atoms with E-state index in [1.54, 1.807) is 6.92 Å². The monoisotopic (exact) mass is 187 g/mol. The molecule has 0 atom stereocenters. The van der Waals surface area contributed by atoms with Gasteiger partial charge in [-0.25, -0.2) is 9.59 Å². The predicted octanol–water partition coefficient (Wildman–Crippen LogP) is 1.13. The fourth-order valence-corrected chi connectivity index (χ4v) is 0.256. The van der Waals surface area contributed by atoms with Gasteiger partial charge in [-0.2, -0.15) is 0 Å². The first-order chi connectivity index (χ1) is 6.08. The van der Waals surface area contributed by atoms with Crippen LogP contribution in [0.3, 0.4) is 0 Å². The number of carbonyl (C=O) groups excluding carboxylic acids is 1. The molecule has 0 aromatic carbocycles. The number of amides is 1. The second-order valence-electron chi connectivity index (χ2n) is 1.61. The molecule has 74 valence electrons. The molecule has 5 heteroatoms. The number of carboxylic acid groups (broad SMARTS) is 1. The highest BCUT2D eigenvalue weighted by molar-refractivity contribution is 5.78. The van der Waals surface area contributed by atoms with Crippen molar-refractivity contribution in [1.82, 2.24) is 5.32 Å². The van der Waals surface area contributed by atoms with Gasteiger partial charge >= 0.3 is 12.1 Å². The molecule has 0 rings (SSSR count). The minimum atomic E-state index is -0.981. The zero-order valence-corrected chi connectivity index (χ0v) is 7.45. The van der Waals surface area contributed by atoms with E-state index >= 15 is 0 Å². The molecule has 0 heterocycles. The Hall–Kier alpha value is -1.78. The first-order valence-corrected chi connectivity index (χ1v) is 3.48. The standard InChI is InChI=1S/C5H9NO2.C3H4O2/c1-3-6-5(7)8-4-2;1-2-3(4)5/h3H,1,4H2,2H3,(H,6,7);2H,1H2,(H,4,5). The number of rotatable bonds is 3. The van der Waals surface area contributed by atoms with Crippen molar-refractivity contribution in [2.24, 2.45) is 0 Å². The van der Waals surface area contributed by atoms with Crippen LogP contribution in [0.2, 0.25) is 0 Å². The lowest BCUT2D eigenvalue weighted by molar-refractivity contribution is -0.131. The minimum Gasteiger partial charge on any atom is -0.478 e. The van der Waals surface area contributed by atoms with Crippen LogP contribution >= 0.6 is 0 Å². The molecular formula is C8H13NO4. The number of nitrogens with one attached hydrogen (secondary N) is 1. The summed E-state index contributed by atoms with van der Waals surface area (Å²) in [5, 5.41) is 9.85. The highest BCUT2D eigenvalue weighted by Gasteiger charge is 1.91. The molecule has 0 saturated carbocycles. The number of aliphatic carboxylic acids is 1. The van der Waals surface area contributed by atoms with Gasteiger partial charge in [0.1, 0.15) is 0 Å². The van der Waals surface area contributed by atoms with E-state index in [0.29, 0.717) is 6.61 Å². The third-order valence-electron chi connectivity index (χ3n) is 0.670. The fraction of sp³-hybridized carbons (Fsp3) is 0.250. The van der Waals surface area contributed by atoms with Crippen molar-refractivity contribution in [1.29, 1.82) is 0 Å². The van der Waals surface area contributed by atoms with Crippen LogP contribution in [0, 0.1) is 0 Å². The highest BCUT2D eigenvalue weighted by atomic mass is 16.5. The lowest BCUT2D eigenvalue weighted by Gasteiger charge is -1.96. The first kappa shape index (κ1) is 13.8. The number of ether oxygens (including phenoxy) is 1. The van der Waals surface area contributed by atoms with Gasteiger partial charge in [0.05, 0.1) is 6.61 Å². The summed E-state index contributed by atoms with van der Waals surface area (Å²) in [6.07, 6.45) is 1.65. The van der Waals surface area contributed by atoms with Gasteiger partial charge in [-0.3, -0.25) is 5.32 Å². The van der Waals surface area contributed by atoms with E-state index in [2.05, 4.69) is 23.2 Å². The van der Waals surface area contributed by atoms with Crippen LogP contribution < -0.4 is 5.32 Å². The third-order valence-corrected chi connectivity index (χ3v) is 0.670. The molecule has 0 aliphatic carbocycles. The van der Waals surface area contributed by atoms with E-state index < -0.39 is 12.1 Å². The van der Waals surface area contributed by atoms with Gasteiger partial charge in [0.15, 0.2) is 0 Å². The Morgan fingerprint density at radius 3 is 2.23 bits per heavy atom. The molecule has 2 N–H and O–H groups in total. The molecule has 13 heavy (non-hydrogen) atoms. The molecule has 0 unspecified atom stereocenters. The lowest BCUT2D eigenvalue weighted by atomic mass is 10.7. The van der Waals surface area contributed by atoms with Gasteiger partial charge in [0.2, 0.25) is 0 Å². The quantitative estimate of drug-likeness (QED) is 0.649. The maximum Gasteiger partial charge on any atom is 0.411 e. The molecule has 0 bridgehead atoms. The predicted molar refractivity (Wildman–Crippen MR) is 48.2 cm³/mol. The summed E-state index contributed by atoms with van der Waals surface area (Å²) >= 11 is 0. The molecule has 0 saturated heterocycles. The van der Waals surface area contributed by atoms with E-state index in [9.17, 15) is 9.59 Å². The smallest absolute Gasteiger partial charge is 0.411 e. The van der Waals surface area contributed by atoms with Crippen LogP contribution in [0.15, 0.2) is 25.4 Å². The Bertz CT molecular complexity index is 189. The van der Waals surface area contributed by atoms with E-state index in [1.165, 1.54) is 6.20 Å². The van der Waals surface area contributed by atoms with Crippen molar-refractivity contribution in [2.45, 2.75) is 6.92 Å². The molecule has 5 nitrogen and oxygen atoms in total. The Labute approximate surface area is 76.7 Å². The third kappa shape index (κ3) is 17.8. The number of hydrogen-bond acceptors (Lipinski definition) is 3. The number of hydrogen-bond donors (Lipinski definition) is 2. The van der Waals surface area contributed by atoms with E-state index in [0.717, 1.165) is 6.08 Å². The maximum atomic E-state index is 10.2. The minimum absolute atomic E-state index is 0.389. The largest absolute Gasteiger partial charge is 0.478 e. The summed E-state index contributed by atoms with van der Waals surface area (Å²) in [6, 6.07) is 0. The van der Waals surface area contributed by atoms with Gasteiger partial charge in [0, 0.05) is 6.08 Å². The van der Waals surface area contributed by atoms with Gasteiger partial charge in [0.25, 0.3) is 0 Å². The normalized spacial score (nSPS) is 7.15. The summed E-state index contributed by atoms with van der Waals surface area (Å²) in [5.41, 5.74) is 0. The summed E-state index contributed by atoms with van der Waals surface area (Å²) in [4.78, 5) is 19.5. The molecule has 0 aromatic rings. The van der Waals surface area contributed by atoms with Crippen LogP contribution in [0.4, 0.5) is 4.79 Å². The van der Waals surface area contributed by atoms with Crippen molar-refractivity contribution in [3.05, 3.63) is 25.4 Å². The van der Waals surface area contributed by atoms with Crippen LogP contribution in [-0.2, 0) is 9.53 Å². The SMILES string of the molecule is C=CC(=O)O.C=CNC(=O)OCC. The van der Waals surface area contributed by atoms with Crippen molar-refractivity contribution < 1.29 is 19.4 Å². The molecule has 0 spiro atoms. The van der Waals surface area contributed by atoms with Crippen LogP contribution in [0.25, 0.3) is 0 Å². The van der Waals surface area contributed by atoms with Gasteiger partial charge in [-0.1, -0.05) is 13.2 Å². The first-order valence-electron chi connectivity index (χ1n) is 3.48. The van der Waals surface area contributed by atoms with Crippen LogP contribution in [0.5, 0.6) is 0 Å². The van der Waals surface area contributed by atoms with Crippen molar-refractivity contribution in [3.8, 4) is 0 Å². The van der Waals surface area contributed by atoms with E-state index in [-0.39, 0.29) is 0 Å². The van der Waals surface area contributed by atoms with Crippen LogP contribution in [-0.4, -0.2) is 23.8 Å². The highest BCUT2D eigenvalue weighted by Crippen LogP contribution is 1.73. The lowest BCUT2D eigenvalue weighted by Crippen LogP contribution is -2.17. The summed E-state index contributed by atoms with van der Waals surface area (Å²) in [7, 11) is 0. The number of alkyl carbamates (subject to hydrolysis) is 1. The zero-order chi connectivity index (χ0) is 10.7. The molecule has 1 amide bonds. The summed E-state index contributed by atoms with van der Waals surface area (Å²) in [5.74, 6) is -0.981. The van der Waals surface area contributed by atoms with Gasteiger partial charge in [-0.15, -0.1) is 0 Å². The second-order valence-corrected chi connectivity index (χ2v) is 1.61.